The molecule has 0 radical (unpaired) electrons. The summed E-state index contributed by atoms with van der Waals surface area (Å²) in [7, 11) is -30.7. The van der Waals surface area contributed by atoms with Gasteiger partial charge in [-0.3, -0.25) is 52.1 Å². The fourth-order valence-corrected chi connectivity index (χ4v) is 20.3. The van der Waals surface area contributed by atoms with Crippen molar-refractivity contribution >= 4 is 175 Å². The van der Waals surface area contributed by atoms with Crippen LogP contribution < -0.4 is 34.1 Å². The van der Waals surface area contributed by atoms with E-state index in [4.69, 9.17) is 100 Å². The second-order valence-corrected chi connectivity index (χ2v) is 37.1. The number of nitrogen functional groups attached to an aromatic ring is 4. The molecule has 596 valence electrons. The number of rotatable bonds is 18. The number of phosphoric acid groups is 4. The standard InChI is InChI=1S/C20H22F2N10O9P2S2.C10H13FN5O11P3S.C10H13FN5O10P3S.2H2O/c21-8-6-1-36-42(34,44)40-12-7(39-18(9(12)22)31-4-27-10-14(23)25-3-26-15(10)31)2-37-43(35,45)41-13(8)19(38-6)32-5-28-11-16(32)29-20(24)30-17(11)33;11-4-3(1-24-28(31)26-30(22,23)27-29(19,20)21)25-9(6(4)17)16-2-13-5-7(16)14-10(12)15-8(5)18;11-5-7(17)4(1-23-27(30)25-29(21,22)26-28(18,19)20)24-10(5)16-3-15-6-8(12)13-2-14-9(6)16;;/h3-9,12-13,18-19,35,45H,1-2H2,(H5-,23,24,25,26,29,30,33,34,44);2-4,6,9,17H,1H2,(H5-,12,14,15,18,19,20,21,22,23);2-5,7,10,17H,1H2,(H4-,12,13,14,18,19,20,21,22);2*1H2/p+3/t6-,7-,8+,9+,12+,13?,18-,19-,42?,43?;3-,4+,6?,9-;4-,5+,7+,10-;;/m111../s1. The molecule has 13 heterocycles. The van der Waals surface area contributed by atoms with Crippen molar-refractivity contribution in [2.45, 2.75) is 98.4 Å². The van der Waals surface area contributed by atoms with E-state index in [2.05, 4.69) is 113 Å². The zero-order valence-corrected chi connectivity index (χ0v) is 63.0. The van der Waals surface area contributed by atoms with Gasteiger partial charge in [0.25, 0.3) is 11.1 Å². The van der Waals surface area contributed by atoms with Gasteiger partial charge in [-0.15, -0.1) is 9.05 Å². The molecule has 52 nitrogen and oxygen atoms in total. The van der Waals surface area contributed by atoms with Crippen LogP contribution in [-0.4, -0.2) is 238 Å². The van der Waals surface area contributed by atoms with Crippen LogP contribution in [0.25, 0.3) is 44.7 Å². The summed E-state index contributed by atoms with van der Waals surface area (Å²) in [6.07, 6.45) is -19.0. The lowest BCUT2D eigenvalue weighted by Gasteiger charge is -2.25. The van der Waals surface area contributed by atoms with E-state index in [1.807, 2.05) is 0 Å². The average molecular weight is 1780 g/mol. The number of nitrogens with one attached hydrogen (secondary N) is 2. The lowest BCUT2D eigenvalue weighted by Crippen LogP contribution is -2.34. The predicted molar refractivity (Wildman–Crippen MR) is 364 cm³/mol. The fourth-order valence-electron chi connectivity index (χ4n) is 10.3. The fraction of sp³-hybridized carbons (Fsp3) is 0.500. The second-order valence-electron chi connectivity index (χ2n) is 21.7. The summed E-state index contributed by atoms with van der Waals surface area (Å²) < 4.78 is 180. The van der Waals surface area contributed by atoms with Crippen LogP contribution in [0.2, 0.25) is 0 Å². The highest BCUT2D eigenvalue weighted by atomic mass is 32.7. The Morgan fingerprint density at radius 3 is 1.52 bits per heavy atom. The Balaban J connectivity index is 0.000000191. The number of hydrogen-bond acceptors (Lipinski definition) is 41. The summed E-state index contributed by atoms with van der Waals surface area (Å²) in [6, 6.07) is 0. The number of fused-ring (bicyclic) bond motifs is 7. The van der Waals surface area contributed by atoms with Crippen LogP contribution >= 0.6 is 71.7 Å². The lowest BCUT2D eigenvalue weighted by molar-refractivity contribution is -0.0603. The third kappa shape index (κ3) is 20.0. The third-order valence-electron chi connectivity index (χ3n) is 14.7. The number of aliphatic hydroxyl groups excluding tert-OH is 2. The van der Waals surface area contributed by atoms with Gasteiger partial charge in [-0.1, -0.05) is 0 Å². The van der Waals surface area contributed by atoms with Gasteiger partial charge >= 0.3 is 59.5 Å². The number of nitrogens with zero attached hydrogens (tertiary/aromatic N) is 14. The summed E-state index contributed by atoms with van der Waals surface area (Å²) in [5, 5.41) is 20.3. The maximum Gasteiger partial charge on any atom is 0.532 e. The number of alkyl halides is 4. The number of nitrogens with two attached hydrogens (primary N) is 4. The van der Waals surface area contributed by atoms with Gasteiger partial charge in [0.15, 0.2) is 101 Å². The van der Waals surface area contributed by atoms with E-state index in [1.54, 1.807) is 0 Å². The Morgan fingerprint density at radius 1 is 0.593 bits per heavy atom. The normalized spacial score (nSPS) is 31.0. The molecule has 0 amide bonds. The number of aromatic nitrogens is 16. The number of H-pyrrole nitrogens is 2. The summed E-state index contributed by atoms with van der Waals surface area (Å²) in [5.74, 6) is -0.388. The molecule has 13 rings (SSSR count). The summed E-state index contributed by atoms with van der Waals surface area (Å²) in [6.45, 7) is -6.89. The lowest BCUT2D eigenvalue weighted by atomic mass is 10.1. The highest BCUT2D eigenvalue weighted by Crippen LogP contribution is 2.66. The summed E-state index contributed by atoms with van der Waals surface area (Å²) >= 11 is 18.5. The maximum absolute atomic E-state index is 16.0. The first-order valence-electron chi connectivity index (χ1n) is 28.4. The molecule has 0 aromatic carbocycles. The zero-order valence-electron chi connectivity index (χ0n) is 52.5. The van der Waals surface area contributed by atoms with Crippen LogP contribution in [0.15, 0.2) is 47.6 Å². The van der Waals surface area contributed by atoms with E-state index in [-0.39, 0.29) is 79.1 Å². The van der Waals surface area contributed by atoms with E-state index < -0.39 is 195 Å². The maximum atomic E-state index is 16.0. The van der Waals surface area contributed by atoms with E-state index in [0.717, 1.165) is 29.9 Å². The van der Waals surface area contributed by atoms with E-state index >= 15 is 8.78 Å². The second kappa shape index (κ2) is 34.0. The van der Waals surface area contributed by atoms with Gasteiger partial charge in [-0.05, 0) is 20.4 Å². The minimum absolute atomic E-state index is 0. The summed E-state index contributed by atoms with van der Waals surface area (Å²) in [4.78, 5) is 143. The number of anilines is 4. The smallest absolute Gasteiger partial charge is 0.412 e. The number of thiol groups is 1. The van der Waals surface area contributed by atoms with Gasteiger partial charge in [0.05, 0.1) is 44.2 Å². The minimum atomic E-state index is -5.36. The molecule has 0 aliphatic carbocycles. The van der Waals surface area contributed by atoms with Crippen molar-refractivity contribution in [1.82, 2.24) is 78.1 Å². The number of hydrogen-bond donors (Lipinski definition) is 17. The first kappa shape index (κ1) is 87.0. The van der Waals surface area contributed by atoms with Crippen LogP contribution in [0.3, 0.4) is 0 Å². The van der Waals surface area contributed by atoms with Crippen LogP contribution in [-0.2, 0) is 117 Å². The molecular formula is C40H55F4N20O32P8S4+3. The highest BCUT2D eigenvalue weighted by molar-refractivity contribution is 8.47. The zero-order chi connectivity index (χ0) is 77.2. The average Bonchev–Trinajstić information content (AvgIpc) is 1.63. The molecule has 2 bridgehead atoms. The van der Waals surface area contributed by atoms with Crippen LogP contribution in [0.1, 0.15) is 24.9 Å². The van der Waals surface area contributed by atoms with Gasteiger partial charge in [0, 0.05) is 0 Å². The van der Waals surface area contributed by atoms with Crippen molar-refractivity contribution in [2.24, 2.45) is 0 Å². The van der Waals surface area contributed by atoms with E-state index in [9.17, 15) is 66.4 Å². The molecule has 8 unspecified atom stereocenters. The molecule has 8 aromatic rings. The van der Waals surface area contributed by atoms with Crippen molar-refractivity contribution < 1.29 is 159 Å². The number of halogens is 4. The molecular weight excluding hydrogens is 1720 g/mol. The molecule has 5 aliphatic heterocycles. The van der Waals surface area contributed by atoms with Gasteiger partial charge < -0.3 is 92.0 Å². The van der Waals surface area contributed by atoms with Crippen LogP contribution in [0.4, 0.5) is 41.1 Å². The summed E-state index contributed by atoms with van der Waals surface area (Å²) in [5.41, 5.74) is 21.6. The molecule has 5 aliphatic rings. The molecule has 22 atom stereocenters. The third-order valence-corrected chi connectivity index (χ3v) is 26.5. The van der Waals surface area contributed by atoms with Gasteiger partial charge in [-0.25, -0.2) is 75.7 Å². The largest absolute Gasteiger partial charge is 0.532 e. The Hall–Kier alpha value is -4.93. The van der Waals surface area contributed by atoms with Gasteiger partial charge in [0.1, 0.15) is 86.2 Å². The molecule has 5 saturated heterocycles. The molecule has 24 N–H and O–H groups in total. The minimum Gasteiger partial charge on any atom is -0.412 e. The highest BCUT2D eigenvalue weighted by Gasteiger charge is 2.59. The SMILES string of the molecule is Nc1nc2c(ncn2[C@@H]2O[C@@H]3COP(O)(=S)O[C@@H]4[C@H](F)[C@H](n5cnc6c(N)ncnc65)O[C@@H]4CO[P+](O)(S)OC2[C@H]3F)c(=O)[nH]1.Nc1nc2c(ncn2[C@@H]2O[C@H](CO[P+](=S)OP(=O)(O)OP(=O)(O)O)[C@H](F)C2O)c(=O)[nH]1.Nc1ncnc2c1ncn2[C@@H]1O[C@H](CO[P+](=S)OP(=O)(O)OP(=O)(O)O)[C@H](O)[C@@H]1F.O.O. The van der Waals surface area contributed by atoms with Crippen molar-refractivity contribution in [3.8, 4) is 0 Å². The Kier molecular flexibility index (Phi) is 27.4. The van der Waals surface area contributed by atoms with Crippen LogP contribution in [0, 0.1) is 0 Å². The Labute approximate surface area is 616 Å². The predicted octanol–water partition coefficient (Wildman–Crippen LogP) is -2.08. The van der Waals surface area contributed by atoms with Crippen molar-refractivity contribution in [2.75, 3.05) is 49.4 Å². The van der Waals surface area contributed by atoms with Crippen molar-refractivity contribution in [1.29, 1.82) is 0 Å². The first-order valence-corrected chi connectivity index (χ1v) is 44.2. The number of imidazole rings is 4. The first-order chi connectivity index (χ1) is 49.5. The Bertz CT molecular complexity index is 5040. The number of ether oxygens (including phenoxy) is 4. The molecule has 8 aromatic heterocycles. The van der Waals surface area contributed by atoms with Crippen LogP contribution in [0.5, 0.6) is 0 Å². The van der Waals surface area contributed by atoms with Gasteiger partial charge in [-0.2, -0.15) is 32.5 Å². The molecule has 108 heavy (non-hydrogen) atoms. The van der Waals surface area contributed by atoms with Crippen molar-refractivity contribution in [3.63, 3.8) is 0 Å². The van der Waals surface area contributed by atoms with E-state index in [1.165, 1.54) is 26.4 Å². The topological polar surface area (TPSA) is 781 Å². The van der Waals surface area contributed by atoms with Crippen molar-refractivity contribution in [3.05, 3.63) is 58.7 Å². The Morgan fingerprint density at radius 2 is 1.03 bits per heavy atom. The molecule has 0 spiro atoms. The number of aromatic amines is 2. The number of aliphatic hydroxyl groups is 2. The molecule has 68 heteroatoms. The monoisotopic (exact) mass is 1780 g/mol. The molecule has 5 fully saturated rings. The molecule has 0 saturated carbocycles. The van der Waals surface area contributed by atoms with Gasteiger partial charge in [0.2, 0.25) is 35.5 Å². The van der Waals surface area contributed by atoms with E-state index in [0.29, 0.717) is 0 Å². The quantitative estimate of drug-likeness (QED) is 0.0249.